The van der Waals surface area contributed by atoms with E-state index in [1.165, 1.54) is 0 Å². The lowest BCUT2D eigenvalue weighted by Crippen LogP contribution is -2.21. The van der Waals surface area contributed by atoms with Crippen LogP contribution in [0.5, 0.6) is 0 Å². The molecule has 128 valence electrons. The molecule has 0 spiro atoms. The fourth-order valence-corrected chi connectivity index (χ4v) is 5.25. The second-order valence-corrected chi connectivity index (χ2v) is 10.6. The Hall–Kier alpha value is -0.320. The largest absolute Gasteiger partial charge is 0.286 e. The maximum Gasteiger partial charge on any atom is 0.281 e. The second kappa shape index (κ2) is 7.30. The van der Waals surface area contributed by atoms with Crippen molar-refractivity contribution in [1.82, 2.24) is 0 Å². The molecule has 0 aliphatic rings. The Morgan fingerprint density at radius 2 is 0.857 bits per heavy atom. The lowest BCUT2D eigenvalue weighted by molar-refractivity contribution is 0.460. The molecular weight excluding hydrogens is 376 g/mol. The second-order valence-electron chi connectivity index (χ2n) is 3.87. The van der Waals surface area contributed by atoms with Gasteiger partial charge in [-0.25, -0.2) is 0 Å². The highest BCUT2D eigenvalue weighted by molar-refractivity contribution is 7.99. The molecule has 0 amide bonds. The Bertz CT molecular complexity index is 674. The van der Waals surface area contributed by atoms with Crippen LogP contribution in [0.2, 0.25) is 0 Å². The molecule has 0 fully saturated rings. The van der Waals surface area contributed by atoms with Gasteiger partial charge >= 0.3 is 0 Å². The van der Waals surface area contributed by atoms with Gasteiger partial charge in [-0.1, -0.05) is 0 Å². The Morgan fingerprint density at radius 3 is 1.10 bits per heavy atom. The van der Waals surface area contributed by atoms with Crippen molar-refractivity contribution >= 4 is 40.5 Å². The minimum absolute atomic E-state index is 0.582. The highest BCUT2D eigenvalue weighted by Crippen LogP contribution is 2.07. The molecule has 0 radical (unpaired) electrons. The van der Waals surface area contributed by atoms with Crippen LogP contribution in [0.1, 0.15) is 12.8 Å². The molecule has 0 heterocycles. The number of hydrogen-bond acceptors (Lipinski definition) is 9. The third kappa shape index (κ3) is 13.1. The summed E-state index contributed by atoms with van der Waals surface area (Å²) in [5, 5.41) is 0. The van der Waals surface area contributed by atoms with Crippen LogP contribution in [0, 0.1) is 0 Å². The zero-order chi connectivity index (χ0) is 16.9. The van der Waals surface area contributed by atoms with Gasteiger partial charge in [-0.05, 0) is 12.8 Å². The summed E-state index contributed by atoms with van der Waals surface area (Å²) in [5.41, 5.74) is 0. The van der Waals surface area contributed by atoms with Gasteiger partial charge in [-0.3, -0.25) is 9.11 Å². The zero-order valence-electron chi connectivity index (χ0n) is 10.4. The van der Waals surface area contributed by atoms with Crippen molar-refractivity contribution < 1.29 is 46.4 Å². The summed E-state index contributed by atoms with van der Waals surface area (Å²) in [7, 11) is -18.0. The molecule has 0 unspecified atom stereocenters. The van der Waals surface area contributed by atoms with E-state index in [2.05, 4.69) is 3.63 Å². The Kier molecular flexibility index (Phi) is 7.18. The molecule has 11 nitrogen and oxygen atoms in total. The molecule has 21 heavy (non-hydrogen) atoms. The Labute approximate surface area is 123 Å². The maximum absolute atomic E-state index is 11.2. The van der Waals surface area contributed by atoms with E-state index in [4.69, 9.17) is 9.11 Å². The topological polar surface area (TPSA) is 186 Å². The van der Waals surface area contributed by atoms with Crippen LogP contribution in [-0.4, -0.2) is 65.8 Å². The van der Waals surface area contributed by atoms with Crippen LogP contribution in [-0.2, 0) is 44.1 Å². The first-order chi connectivity index (χ1) is 9.12. The third-order valence-electron chi connectivity index (χ3n) is 1.80. The van der Waals surface area contributed by atoms with Crippen molar-refractivity contribution in [1.29, 1.82) is 0 Å². The molecule has 0 aromatic rings. The van der Waals surface area contributed by atoms with E-state index in [-0.39, 0.29) is 0 Å². The summed E-state index contributed by atoms with van der Waals surface area (Å²) in [6.07, 6.45) is -1.16. The summed E-state index contributed by atoms with van der Waals surface area (Å²) in [6.45, 7) is 0. The maximum atomic E-state index is 11.2. The number of hydrogen-bond donors (Lipinski definition) is 2. The van der Waals surface area contributed by atoms with Crippen molar-refractivity contribution in [3.8, 4) is 0 Å². The van der Waals surface area contributed by atoms with Gasteiger partial charge in [0.15, 0.2) is 0 Å². The lowest BCUT2D eigenvalue weighted by atomic mass is 10.6. The predicted octanol–water partition coefficient (Wildman–Crippen LogP) is -1.78. The predicted molar refractivity (Wildman–Crippen MR) is 70.7 cm³/mol. The molecule has 0 rings (SSSR count). The Balaban J connectivity index is 4.49. The molecule has 0 atom stereocenters. The summed E-state index contributed by atoms with van der Waals surface area (Å²) >= 11 is 0. The van der Waals surface area contributed by atoms with Crippen LogP contribution in [0.15, 0.2) is 0 Å². The molecule has 0 aliphatic heterocycles. The summed E-state index contributed by atoms with van der Waals surface area (Å²) in [5.74, 6) is -3.72. The fraction of sp³-hybridized carbons (Fsp3) is 1.00. The molecule has 0 aromatic heterocycles. The molecule has 0 saturated carbocycles. The molecule has 0 aromatic carbocycles. The van der Waals surface area contributed by atoms with Crippen LogP contribution in [0.4, 0.5) is 0 Å². The smallest absolute Gasteiger partial charge is 0.281 e. The van der Waals surface area contributed by atoms with Gasteiger partial charge in [0.25, 0.3) is 40.5 Å². The monoisotopic (exact) mass is 390 g/mol. The minimum atomic E-state index is -4.60. The molecule has 15 heteroatoms. The van der Waals surface area contributed by atoms with Crippen molar-refractivity contribution in [2.75, 3.05) is 23.0 Å². The van der Waals surface area contributed by atoms with Gasteiger partial charge in [-0.15, -0.1) is 3.63 Å². The van der Waals surface area contributed by atoms with E-state index in [0.29, 0.717) is 0 Å². The summed E-state index contributed by atoms with van der Waals surface area (Å²) in [4.78, 5) is 0. The van der Waals surface area contributed by atoms with Crippen molar-refractivity contribution in [3.05, 3.63) is 0 Å². The first-order valence-corrected chi connectivity index (χ1v) is 11.6. The highest BCUT2D eigenvalue weighted by Gasteiger charge is 2.23. The number of rotatable bonds is 10. The molecule has 0 aliphatic carbocycles. The van der Waals surface area contributed by atoms with Gasteiger partial charge in [0.1, 0.15) is 0 Å². The molecule has 2 N–H and O–H groups in total. The third-order valence-corrected chi connectivity index (χ3v) is 6.65. The summed E-state index contributed by atoms with van der Waals surface area (Å²) < 4.78 is 107. The van der Waals surface area contributed by atoms with Gasteiger partial charge in [0.05, 0.1) is 23.0 Å². The standard InChI is InChI=1S/C6H14O11S4/c7-18(8,9)3-1-5-20(13,14)17-21(15,16)6-2-4-19(10,11)12/h1-6H2,(H,7,8,9)(H,10,11,12). The first-order valence-electron chi connectivity index (χ1n) is 5.19. The van der Waals surface area contributed by atoms with Crippen LogP contribution < -0.4 is 0 Å². The SMILES string of the molecule is O=S(=O)(O)CCCS(=O)(=O)OS(=O)(=O)CCCS(=O)(=O)O. The van der Waals surface area contributed by atoms with Crippen LogP contribution in [0.25, 0.3) is 0 Å². The average Bonchev–Trinajstić information content (AvgIpc) is 2.09. The van der Waals surface area contributed by atoms with E-state index >= 15 is 0 Å². The van der Waals surface area contributed by atoms with E-state index in [9.17, 15) is 33.7 Å². The lowest BCUT2D eigenvalue weighted by Gasteiger charge is -2.05. The van der Waals surface area contributed by atoms with E-state index < -0.39 is 76.3 Å². The minimum Gasteiger partial charge on any atom is -0.286 e. The molecule has 0 saturated heterocycles. The summed E-state index contributed by atoms with van der Waals surface area (Å²) in [6, 6.07) is 0. The van der Waals surface area contributed by atoms with Gasteiger partial charge in [0.2, 0.25) is 0 Å². The molecular formula is C6H14O11S4. The Morgan fingerprint density at radius 1 is 0.571 bits per heavy atom. The molecule has 0 bridgehead atoms. The van der Waals surface area contributed by atoms with Crippen LogP contribution in [0.3, 0.4) is 0 Å². The average molecular weight is 390 g/mol. The normalized spacial score (nSPS) is 14.2. The van der Waals surface area contributed by atoms with E-state index in [1.807, 2.05) is 0 Å². The fourth-order valence-electron chi connectivity index (χ4n) is 1.06. The van der Waals surface area contributed by atoms with E-state index in [0.717, 1.165) is 0 Å². The van der Waals surface area contributed by atoms with Crippen molar-refractivity contribution in [2.45, 2.75) is 12.8 Å². The zero-order valence-corrected chi connectivity index (χ0v) is 13.7. The van der Waals surface area contributed by atoms with Crippen LogP contribution >= 0.6 is 0 Å². The quantitative estimate of drug-likeness (QED) is 0.401. The van der Waals surface area contributed by atoms with Gasteiger partial charge in [-0.2, -0.15) is 33.7 Å². The van der Waals surface area contributed by atoms with E-state index in [1.54, 1.807) is 0 Å². The first kappa shape index (κ1) is 20.7. The van der Waals surface area contributed by atoms with Gasteiger partial charge < -0.3 is 0 Å². The van der Waals surface area contributed by atoms with Crippen molar-refractivity contribution in [2.24, 2.45) is 0 Å². The van der Waals surface area contributed by atoms with Gasteiger partial charge in [0, 0.05) is 0 Å². The highest BCUT2D eigenvalue weighted by atomic mass is 32.3. The van der Waals surface area contributed by atoms with Crippen molar-refractivity contribution in [3.63, 3.8) is 0 Å².